The lowest BCUT2D eigenvalue weighted by atomic mass is 9.92. The molecular weight excluding hydrogens is 308 g/mol. The Morgan fingerprint density at radius 2 is 1.67 bits per heavy atom. The highest BCUT2D eigenvalue weighted by molar-refractivity contribution is 5.86. The summed E-state index contributed by atoms with van der Waals surface area (Å²) in [7, 11) is 0. The topological polar surface area (TPSA) is 103 Å². The minimum absolute atomic E-state index is 0.0125. The Morgan fingerprint density at radius 3 is 2.00 bits per heavy atom. The molecule has 24 heavy (non-hydrogen) atoms. The highest BCUT2D eigenvalue weighted by atomic mass is 16.5. The molecule has 0 bridgehead atoms. The fourth-order valence-corrected chi connectivity index (χ4v) is 0.797. The van der Waals surface area contributed by atoms with Crippen molar-refractivity contribution in [1.82, 2.24) is 0 Å². The van der Waals surface area contributed by atoms with E-state index in [0.717, 1.165) is 0 Å². The summed E-state index contributed by atoms with van der Waals surface area (Å²) in [5.41, 5.74) is -1.11. The van der Waals surface area contributed by atoms with E-state index in [0.29, 0.717) is 19.6 Å². The zero-order valence-corrected chi connectivity index (χ0v) is 15.6. The molecule has 0 fully saturated rings. The largest absolute Gasteiger partial charge is 0.502 e. The summed E-state index contributed by atoms with van der Waals surface area (Å²) in [4.78, 5) is 10.2. The van der Waals surface area contributed by atoms with Crippen LogP contribution in [0.5, 0.6) is 0 Å². The van der Waals surface area contributed by atoms with Crippen LogP contribution in [0.15, 0.2) is 24.7 Å². The van der Waals surface area contributed by atoms with E-state index < -0.39 is 11.5 Å². The Balaban J connectivity index is -0.000000316. The first-order chi connectivity index (χ1) is 11.2. The Labute approximate surface area is 146 Å². The van der Waals surface area contributed by atoms with Crippen LogP contribution in [-0.2, 0) is 14.3 Å². The van der Waals surface area contributed by atoms with Gasteiger partial charge in [0.25, 0.3) is 0 Å². The van der Waals surface area contributed by atoms with Crippen molar-refractivity contribution in [2.24, 2.45) is 5.92 Å². The number of allylic oxidation sites excluding steroid dienone is 1. The van der Waals surface area contributed by atoms with Gasteiger partial charge in [-0.2, -0.15) is 10.5 Å². The van der Waals surface area contributed by atoms with E-state index in [1.807, 2.05) is 32.9 Å². The van der Waals surface area contributed by atoms with Crippen LogP contribution >= 0.6 is 0 Å². The molecule has 6 nitrogen and oxygen atoms in total. The number of rotatable bonds is 7. The van der Waals surface area contributed by atoms with Gasteiger partial charge in [-0.15, -0.1) is 0 Å². The molecule has 2 atom stereocenters. The predicted molar refractivity (Wildman–Crippen MR) is 93.5 cm³/mol. The average Bonchev–Trinajstić information content (AvgIpc) is 2.55. The summed E-state index contributed by atoms with van der Waals surface area (Å²) in [6, 6.07) is 3.91. The number of aliphatic hydroxyl groups is 1. The van der Waals surface area contributed by atoms with Crippen molar-refractivity contribution in [3.63, 3.8) is 0 Å². The SMILES string of the molecule is CCC#N.CCO/C=C/C(C)(O)C(C)C#N.CCO/C=C/C(C)=O. The normalized spacial score (nSPS) is 13.2. The minimum Gasteiger partial charge on any atom is -0.502 e. The van der Waals surface area contributed by atoms with Gasteiger partial charge >= 0.3 is 0 Å². The first-order valence-corrected chi connectivity index (χ1v) is 7.80. The van der Waals surface area contributed by atoms with Gasteiger partial charge in [-0.3, -0.25) is 4.79 Å². The van der Waals surface area contributed by atoms with Crippen LogP contribution < -0.4 is 0 Å². The van der Waals surface area contributed by atoms with Crippen LogP contribution in [0.2, 0.25) is 0 Å². The van der Waals surface area contributed by atoms with Gasteiger partial charge in [0, 0.05) is 12.5 Å². The summed E-state index contributed by atoms with van der Waals surface area (Å²) in [5, 5.41) is 25.8. The lowest BCUT2D eigenvalue weighted by Crippen LogP contribution is -2.29. The molecule has 2 unspecified atom stereocenters. The molecule has 0 amide bonds. The lowest BCUT2D eigenvalue weighted by Gasteiger charge is -2.20. The van der Waals surface area contributed by atoms with Gasteiger partial charge in [0.1, 0.15) is 0 Å². The van der Waals surface area contributed by atoms with Gasteiger partial charge in [-0.05, 0) is 40.7 Å². The number of nitrogens with zero attached hydrogens (tertiary/aromatic N) is 2. The maximum Gasteiger partial charge on any atom is 0.155 e. The molecule has 0 rings (SSSR count). The summed E-state index contributed by atoms with van der Waals surface area (Å²) < 4.78 is 9.66. The van der Waals surface area contributed by atoms with E-state index in [1.165, 1.54) is 31.6 Å². The van der Waals surface area contributed by atoms with Crippen LogP contribution in [0.25, 0.3) is 0 Å². The summed E-state index contributed by atoms with van der Waals surface area (Å²) >= 11 is 0. The van der Waals surface area contributed by atoms with Gasteiger partial charge in [-0.25, -0.2) is 0 Å². The van der Waals surface area contributed by atoms with Gasteiger partial charge in [0.2, 0.25) is 0 Å². The number of carbonyl (C=O) groups excluding carboxylic acids is 1. The van der Waals surface area contributed by atoms with Crippen LogP contribution in [0.4, 0.5) is 0 Å². The van der Waals surface area contributed by atoms with E-state index in [-0.39, 0.29) is 5.78 Å². The number of ketones is 1. The Bertz CT molecular complexity index is 443. The van der Waals surface area contributed by atoms with Crippen LogP contribution in [0.3, 0.4) is 0 Å². The van der Waals surface area contributed by atoms with Crippen molar-refractivity contribution < 1.29 is 19.4 Å². The first-order valence-electron chi connectivity index (χ1n) is 7.80. The maximum atomic E-state index is 10.2. The molecule has 0 aliphatic carbocycles. The molecule has 0 radical (unpaired) electrons. The average molecular weight is 338 g/mol. The van der Waals surface area contributed by atoms with Crippen LogP contribution in [0, 0.1) is 28.6 Å². The molecular formula is C18H30N2O4. The van der Waals surface area contributed by atoms with Crippen molar-refractivity contribution in [2.45, 2.75) is 53.6 Å². The monoisotopic (exact) mass is 338 g/mol. The van der Waals surface area contributed by atoms with Crippen LogP contribution in [-0.4, -0.2) is 29.7 Å². The Kier molecular flexibility index (Phi) is 20.8. The molecule has 0 aromatic rings. The molecule has 0 aromatic heterocycles. The molecule has 0 aromatic carbocycles. The number of nitriles is 2. The van der Waals surface area contributed by atoms with E-state index in [4.69, 9.17) is 20.0 Å². The fourth-order valence-electron chi connectivity index (χ4n) is 0.797. The lowest BCUT2D eigenvalue weighted by molar-refractivity contribution is -0.112. The molecule has 0 saturated carbocycles. The molecule has 136 valence electrons. The zero-order chi connectivity index (χ0) is 19.4. The van der Waals surface area contributed by atoms with Crippen molar-refractivity contribution in [2.75, 3.05) is 13.2 Å². The highest BCUT2D eigenvalue weighted by Crippen LogP contribution is 2.17. The van der Waals surface area contributed by atoms with Gasteiger partial charge in [0.15, 0.2) is 5.78 Å². The second-order valence-corrected chi connectivity index (χ2v) is 4.72. The van der Waals surface area contributed by atoms with Crippen molar-refractivity contribution in [1.29, 1.82) is 10.5 Å². The molecule has 0 spiro atoms. The summed E-state index contributed by atoms with van der Waals surface area (Å²) in [6.07, 6.45) is 6.34. The maximum absolute atomic E-state index is 10.2. The third kappa shape index (κ3) is 22.0. The van der Waals surface area contributed by atoms with Crippen molar-refractivity contribution in [3.8, 4) is 12.1 Å². The van der Waals surface area contributed by atoms with E-state index in [9.17, 15) is 9.90 Å². The standard InChI is InChI=1S/C9H15NO2.C6H10O2.C3H5N/c1-4-12-6-5-9(3,11)8(2)7-10;1-3-8-5-4-6(2)7;1-2-3-4/h5-6,8,11H,4H2,1-3H3;4-5H,3H2,1-2H3;2H2,1H3/b6-5+;5-4+;. The fraction of sp³-hybridized carbons (Fsp3) is 0.611. The molecule has 0 aliphatic heterocycles. The van der Waals surface area contributed by atoms with Gasteiger partial charge in [0.05, 0.1) is 49.4 Å². The smallest absolute Gasteiger partial charge is 0.155 e. The second-order valence-electron chi connectivity index (χ2n) is 4.72. The molecule has 0 saturated heterocycles. The third-order valence-corrected chi connectivity index (χ3v) is 2.46. The minimum atomic E-state index is -1.11. The second kappa shape index (κ2) is 18.7. The molecule has 0 aliphatic rings. The summed E-state index contributed by atoms with van der Waals surface area (Å²) in [6.45, 7) is 11.4. The number of ether oxygens (including phenoxy) is 2. The number of hydrogen-bond donors (Lipinski definition) is 1. The zero-order valence-electron chi connectivity index (χ0n) is 15.6. The highest BCUT2D eigenvalue weighted by Gasteiger charge is 2.24. The number of carbonyl (C=O) groups is 1. The third-order valence-electron chi connectivity index (χ3n) is 2.46. The molecule has 1 N–H and O–H groups in total. The van der Waals surface area contributed by atoms with E-state index >= 15 is 0 Å². The Morgan fingerprint density at radius 1 is 1.21 bits per heavy atom. The predicted octanol–water partition coefficient (Wildman–Crippen LogP) is 3.49. The van der Waals surface area contributed by atoms with Crippen molar-refractivity contribution in [3.05, 3.63) is 24.7 Å². The quantitative estimate of drug-likeness (QED) is 0.563. The first kappa shape index (κ1) is 26.6. The summed E-state index contributed by atoms with van der Waals surface area (Å²) in [5.74, 6) is -0.423. The van der Waals surface area contributed by atoms with Crippen molar-refractivity contribution >= 4 is 5.78 Å². The van der Waals surface area contributed by atoms with Crippen LogP contribution in [0.1, 0.15) is 48.0 Å². The van der Waals surface area contributed by atoms with Gasteiger partial charge < -0.3 is 14.6 Å². The Hall–Kier alpha value is -2.31. The molecule has 0 heterocycles. The molecule has 6 heteroatoms. The number of hydrogen-bond acceptors (Lipinski definition) is 6. The van der Waals surface area contributed by atoms with E-state index in [2.05, 4.69) is 0 Å². The van der Waals surface area contributed by atoms with Gasteiger partial charge in [-0.1, -0.05) is 6.92 Å². The van der Waals surface area contributed by atoms with E-state index in [1.54, 1.807) is 13.8 Å².